The van der Waals surface area contributed by atoms with Crippen LogP contribution in [0, 0.1) is 94.7 Å². The van der Waals surface area contributed by atoms with Crippen molar-refractivity contribution in [3.8, 4) is 0 Å². The van der Waals surface area contributed by atoms with Gasteiger partial charge in [-0.25, -0.2) is 0 Å². The lowest BCUT2D eigenvalue weighted by atomic mass is 9.50. The highest BCUT2D eigenvalue weighted by atomic mass is 15.4. The van der Waals surface area contributed by atoms with Crippen LogP contribution in [0.25, 0.3) is 0 Å². The molecule has 13 rings (SSSR count). The molecule has 5 heterocycles. The first-order chi connectivity index (χ1) is 27.8. The van der Waals surface area contributed by atoms with Gasteiger partial charge in [0.05, 0.1) is 49.3 Å². The monoisotopic (exact) mass is 769 g/mol. The summed E-state index contributed by atoms with van der Waals surface area (Å²) in [5.41, 5.74) is 0. The lowest BCUT2D eigenvalue weighted by molar-refractivity contribution is -0.0726. The Morgan fingerprint density at radius 3 is 0.554 bits per heavy atom. The second-order valence-electron chi connectivity index (χ2n) is 23.1. The minimum Gasteiger partial charge on any atom is -0.286 e. The van der Waals surface area contributed by atoms with E-state index >= 15 is 0 Å². The Balaban J connectivity index is 0.912. The first-order valence-electron chi connectivity index (χ1n) is 25.9. The van der Waals surface area contributed by atoms with E-state index in [1.165, 1.54) is 154 Å². The summed E-state index contributed by atoms with van der Waals surface area (Å²) in [5, 5.41) is 36.2. The predicted molar refractivity (Wildman–Crippen MR) is 222 cm³/mol. The van der Waals surface area contributed by atoms with Gasteiger partial charge in [0.1, 0.15) is 0 Å². The summed E-state index contributed by atoms with van der Waals surface area (Å²) >= 11 is 0. The van der Waals surface area contributed by atoms with Gasteiger partial charge in [-0.1, -0.05) is 77.0 Å². The number of rotatable bonds is 0. The highest BCUT2D eigenvalue weighted by Gasteiger charge is 2.63. The normalized spacial score (nSPS) is 60.0. The Morgan fingerprint density at radius 2 is 0.321 bits per heavy atom. The van der Waals surface area contributed by atoms with E-state index in [0.717, 1.165) is 94.7 Å². The molecule has 0 spiro atoms. The summed E-state index contributed by atoms with van der Waals surface area (Å²) in [6.45, 7) is 0. The maximum absolute atomic E-state index is 4.72. The van der Waals surface area contributed by atoms with Crippen molar-refractivity contribution in [3.05, 3.63) is 0 Å². The first kappa shape index (κ1) is 36.3. The van der Waals surface area contributed by atoms with Crippen molar-refractivity contribution in [2.75, 3.05) is 0 Å². The third kappa shape index (κ3) is 5.70. The van der Waals surface area contributed by atoms with E-state index in [1.807, 2.05) is 0 Å². The molecule has 0 amide bonds. The summed E-state index contributed by atoms with van der Waals surface area (Å²) < 4.78 is 0. The molecule has 312 valence electrons. The van der Waals surface area contributed by atoms with E-state index < -0.39 is 0 Å². The molecular formula is C48H80N8. The smallest absolute Gasteiger partial charge is 0.0631 e. The van der Waals surface area contributed by atoms with Gasteiger partial charge in [-0.05, 0) is 172 Å². The van der Waals surface area contributed by atoms with E-state index in [9.17, 15) is 0 Å². The zero-order valence-electron chi connectivity index (χ0n) is 34.8. The lowest BCUT2D eigenvalue weighted by Gasteiger charge is -2.56. The molecule has 0 aromatic heterocycles. The lowest BCUT2D eigenvalue weighted by Crippen LogP contribution is -2.62. The average Bonchev–Trinajstić information content (AvgIpc) is 4.00. The van der Waals surface area contributed by atoms with Crippen molar-refractivity contribution in [3.63, 3.8) is 0 Å². The molecule has 8 aliphatic carbocycles. The SMILES string of the molecule is C1CCC2C3NC(NC4NC(NC5NC(NC6NC(N3)C3C7CCCCC7C7CCCCC7C63)C3C6CCCCC6C6CCCCC6C53)C3CCCCC43)C2C1. The maximum Gasteiger partial charge on any atom is 0.0631 e. The van der Waals surface area contributed by atoms with Crippen molar-refractivity contribution in [1.82, 2.24) is 42.5 Å². The number of hydrogen-bond acceptors (Lipinski definition) is 8. The van der Waals surface area contributed by atoms with Crippen LogP contribution in [0.2, 0.25) is 0 Å². The minimum atomic E-state index is 0.411. The van der Waals surface area contributed by atoms with Crippen LogP contribution >= 0.6 is 0 Å². The third-order valence-electron chi connectivity index (χ3n) is 21.3. The molecule has 13 aliphatic rings. The molecule has 8 nitrogen and oxygen atoms in total. The second kappa shape index (κ2) is 14.7. The Bertz CT molecular complexity index is 1320. The molecule has 0 radical (unpaired) electrons. The van der Waals surface area contributed by atoms with Crippen LogP contribution in [0.1, 0.15) is 154 Å². The molecule has 56 heavy (non-hydrogen) atoms. The molecule has 24 atom stereocenters. The summed E-state index contributed by atoms with van der Waals surface area (Å²) in [5.74, 6) is 13.4. The fraction of sp³-hybridized carbons (Fsp3) is 1.00. The number of fused-ring (bicyclic) bond motifs is 30. The van der Waals surface area contributed by atoms with Crippen molar-refractivity contribution >= 4 is 0 Å². The summed E-state index contributed by atoms with van der Waals surface area (Å²) in [6.07, 6.45) is 38.4. The molecule has 8 N–H and O–H groups in total. The molecule has 0 aromatic rings. The molecule has 8 saturated carbocycles. The Kier molecular flexibility index (Phi) is 9.51. The maximum atomic E-state index is 4.72. The quantitative estimate of drug-likeness (QED) is 0.138. The van der Waals surface area contributed by atoms with E-state index in [0.29, 0.717) is 49.3 Å². The second-order valence-corrected chi connectivity index (χ2v) is 23.1. The molecule has 8 bridgehead atoms. The van der Waals surface area contributed by atoms with Gasteiger partial charge in [0, 0.05) is 0 Å². The highest BCUT2D eigenvalue weighted by molar-refractivity contribution is 5.15. The van der Waals surface area contributed by atoms with Gasteiger partial charge in [-0.15, -0.1) is 0 Å². The van der Waals surface area contributed by atoms with Crippen molar-refractivity contribution in [2.45, 2.75) is 203 Å². The molecule has 13 fully saturated rings. The van der Waals surface area contributed by atoms with Crippen molar-refractivity contribution in [2.24, 2.45) is 94.7 Å². The van der Waals surface area contributed by atoms with Crippen LogP contribution in [0.4, 0.5) is 0 Å². The standard InChI is InChI=1S/C48H80N8/c1-5-17-29-25(13-1)27-15-3-7-19-31(27)39-37(29)45-52-43-35-23-11-9-21-33(35)41(50-43)49-42-34-22-10-12-24-36(34)44(51-42)53-46-38-30-18-6-2-14-26(30)28-16-4-8-20-32(28)40(38)48(55-46)56-47(39)54-45/h25-56H,1-24H2. The van der Waals surface area contributed by atoms with Gasteiger partial charge in [-0.2, -0.15) is 0 Å². The van der Waals surface area contributed by atoms with Crippen molar-refractivity contribution in [1.29, 1.82) is 0 Å². The van der Waals surface area contributed by atoms with Crippen LogP contribution in [0.5, 0.6) is 0 Å². The fourth-order valence-electron chi connectivity index (χ4n) is 19.7. The van der Waals surface area contributed by atoms with Crippen LogP contribution in [-0.4, -0.2) is 49.3 Å². The van der Waals surface area contributed by atoms with Crippen LogP contribution in [-0.2, 0) is 0 Å². The number of nitrogens with one attached hydrogen (secondary N) is 8. The van der Waals surface area contributed by atoms with Crippen LogP contribution in [0.15, 0.2) is 0 Å². The van der Waals surface area contributed by atoms with Gasteiger partial charge in [-0.3, -0.25) is 42.5 Å². The fourth-order valence-corrected chi connectivity index (χ4v) is 19.7. The van der Waals surface area contributed by atoms with E-state index in [-0.39, 0.29) is 0 Å². The minimum absolute atomic E-state index is 0.411. The largest absolute Gasteiger partial charge is 0.286 e. The Labute approximate surface area is 339 Å². The molecule has 24 unspecified atom stereocenters. The van der Waals surface area contributed by atoms with E-state index in [2.05, 4.69) is 37.2 Å². The molecule has 5 saturated heterocycles. The summed E-state index contributed by atoms with van der Waals surface area (Å²) in [4.78, 5) is 0. The Morgan fingerprint density at radius 1 is 0.161 bits per heavy atom. The van der Waals surface area contributed by atoms with Crippen molar-refractivity contribution < 1.29 is 0 Å². The van der Waals surface area contributed by atoms with Crippen LogP contribution < -0.4 is 42.5 Å². The van der Waals surface area contributed by atoms with Gasteiger partial charge in [0.15, 0.2) is 0 Å². The number of hydrogen-bond donors (Lipinski definition) is 8. The molecule has 5 aliphatic heterocycles. The first-order valence-corrected chi connectivity index (χ1v) is 25.9. The van der Waals surface area contributed by atoms with Gasteiger partial charge in [0.2, 0.25) is 0 Å². The predicted octanol–water partition coefficient (Wildman–Crippen LogP) is 6.71. The van der Waals surface area contributed by atoms with E-state index in [1.54, 1.807) is 0 Å². The topological polar surface area (TPSA) is 96.2 Å². The average molecular weight is 769 g/mol. The van der Waals surface area contributed by atoms with Gasteiger partial charge < -0.3 is 0 Å². The van der Waals surface area contributed by atoms with Crippen LogP contribution in [0.3, 0.4) is 0 Å². The Hall–Kier alpha value is -0.320. The zero-order chi connectivity index (χ0) is 36.5. The summed E-state index contributed by atoms with van der Waals surface area (Å²) in [7, 11) is 0. The van der Waals surface area contributed by atoms with Gasteiger partial charge >= 0.3 is 0 Å². The zero-order valence-corrected chi connectivity index (χ0v) is 34.8. The third-order valence-corrected chi connectivity index (χ3v) is 21.3. The molecular weight excluding hydrogens is 689 g/mol. The van der Waals surface area contributed by atoms with Gasteiger partial charge in [0.25, 0.3) is 0 Å². The summed E-state index contributed by atoms with van der Waals surface area (Å²) in [6, 6.07) is 0. The highest BCUT2D eigenvalue weighted by Crippen LogP contribution is 2.62. The molecule has 0 aromatic carbocycles. The van der Waals surface area contributed by atoms with E-state index in [4.69, 9.17) is 5.32 Å². The molecule has 8 heteroatoms.